The first-order chi connectivity index (χ1) is 16.6. The van der Waals surface area contributed by atoms with E-state index in [0.29, 0.717) is 29.0 Å². The zero-order valence-electron chi connectivity index (χ0n) is 20.6. The van der Waals surface area contributed by atoms with Crippen LogP contribution in [0.2, 0.25) is 0 Å². The molecule has 4 N–H and O–H groups in total. The number of rotatable bonds is 8. The molecule has 3 rings (SSSR count). The minimum Gasteiger partial charge on any atom is -0.376 e. The van der Waals surface area contributed by atoms with Gasteiger partial charge in [0, 0.05) is 23.3 Å². The summed E-state index contributed by atoms with van der Waals surface area (Å²) < 4.78 is 0. The van der Waals surface area contributed by atoms with Gasteiger partial charge in [-0.25, -0.2) is 0 Å². The fraction of sp³-hybridized carbons (Fsp3) is 0.250. The lowest BCUT2D eigenvalue weighted by Gasteiger charge is -2.20. The van der Waals surface area contributed by atoms with Crippen molar-refractivity contribution in [2.24, 2.45) is 0 Å². The van der Waals surface area contributed by atoms with Gasteiger partial charge in [0.2, 0.25) is 5.91 Å². The fourth-order valence-corrected chi connectivity index (χ4v) is 3.30. The topological polar surface area (TPSA) is 99.3 Å². The molecule has 0 radical (unpaired) electrons. The average Bonchev–Trinajstić information content (AvgIpc) is 2.82. The Morgan fingerprint density at radius 2 is 1.46 bits per heavy atom. The molecule has 182 valence electrons. The van der Waals surface area contributed by atoms with Crippen molar-refractivity contribution in [1.29, 1.82) is 0 Å². The smallest absolute Gasteiger partial charge is 0.253 e. The van der Waals surface area contributed by atoms with Crippen LogP contribution in [0, 0.1) is 6.92 Å². The van der Waals surface area contributed by atoms with E-state index in [1.165, 1.54) is 0 Å². The summed E-state index contributed by atoms with van der Waals surface area (Å²) in [5.41, 5.74) is 3.91. The lowest BCUT2D eigenvalue weighted by atomic mass is 10.1. The number of aryl methyl sites for hydroxylation is 1. The van der Waals surface area contributed by atoms with E-state index in [9.17, 15) is 14.4 Å². The Labute approximate surface area is 206 Å². The second-order valence-corrected chi connectivity index (χ2v) is 9.40. The highest BCUT2D eigenvalue weighted by Gasteiger charge is 2.15. The van der Waals surface area contributed by atoms with Gasteiger partial charge in [0.05, 0.1) is 17.8 Å². The Morgan fingerprint density at radius 3 is 2.11 bits per heavy atom. The van der Waals surface area contributed by atoms with Crippen molar-refractivity contribution in [3.05, 3.63) is 95.1 Å². The summed E-state index contributed by atoms with van der Waals surface area (Å²) in [6, 6.07) is 21.7. The van der Waals surface area contributed by atoms with Crippen molar-refractivity contribution in [3.8, 4) is 0 Å². The lowest BCUT2D eigenvalue weighted by molar-refractivity contribution is -0.114. The Morgan fingerprint density at radius 1 is 0.800 bits per heavy atom. The van der Waals surface area contributed by atoms with Gasteiger partial charge in [-0.3, -0.25) is 14.4 Å². The number of hydrogen-bond donors (Lipinski definition) is 4. The molecule has 0 atom stereocenters. The SMILES string of the molecule is Cc1ccc(CNC(=O)c2ccccc2NC(=O)CNc2ccc(C(=O)NC(C)(C)C)cc2)cc1. The number of anilines is 2. The molecule has 0 fully saturated rings. The van der Waals surface area contributed by atoms with Crippen LogP contribution >= 0.6 is 0 Å². The van der Waals surface area contributed by atoms with Crippen LogP contribution in [-0.4, -0.2) is 29.8 Å². The number of para-hydroxylation sites is 1. The number of benzene rings is 3. The van der Waals surface area contributed by atoms with Crippen LogP contribution in [0.5, 0.6) is 0 Å². The predicted octanol–water partition coefficient (Wildman–Crippen LogP) is 4.50. The molecular formula is C28H32N4O3. The average molecular weight is 473 g/mol. The summed E-state index contributed by atoms with van der Waals surface area (Å²) in [4.78, 5) is 37.5. The first kappa shape index (κ1) is 25.5. The number of hydrogen-bond acceptors (Lipinski definition) is 4. The molecule has 0 aromatic heterocycles. The highest BCUT2D eigenvalue weighted by molar-refractivity contribution is 6.04. The van der Waals surface area contributed by atoms with Crippen molar-refractivity contribution >= 4 is 29.1 Å². The molecule has 0 aliphatic carbocycles. The zero-order chi connectivity index (χ0) is 25.4. The molecule has 7 heteroatoms. The van der Waals surface area contributed by atoms with Crippen molar-refractivity contribution in [2.45, 2.75) is 39.8 Å². The summed E-state index contributed by atoms with van der Waals surface area (Å²) in [6.07, 6.45) is 0. The van der Waals surface area contributed by atoms with Gasteiger partial charge in [-0.15, -0.1) is 0 Å². The van der Waals surface area contributed by atoms with Crippen molar-refractivity contribution in [1.82, 2.24) is 10.6 Å². The van der Waals surface area contributed by atoms with Gasteiger partial charge >= 0.3 is 0 Å². The first-order valence-corrected chi connectivity index (χ1v) is 11.5. The highest BCUT2D eigenvalue weighted by atomic mass is 16.2. The van der Waals surface area contributed by atoms with Crippen LogP contribution in [0.25, 0.3) is 0 Å². The Kier molecular flexibility index (Phi) is 8.25. The molecule has 0 saturated carbocycles. The second kappa shape index (κ2) is 11.3. The van der Waals surface area contributed by atoms with Gasteiger partial charge in [0.15, 0.2) is 0 Å². The van der Waals surface area contributed by atoms with Gasteiger partial charge in [-0.05, 0) is 69.7 Å². The van der Waals surface area contributed by atoms with Crippen LogP contribution in [0.3, 0.4) is 0 Å². The summed E-state index contributed by atoms with van der Waals surface area (Å²) in [5.74, 6) is -0.712. The number of carbonyl (C=O) groups excluding carboxylic acids is 3. The zero-order valence-corrected chi connectivity index (χ0v) is 20.6. The Balaban J connectivity index is 1.54. The summed E-state index contributed by atoms with van der Waals surface area (Å²) in [5, 5.41) is 11.6. The second-order valence-electron chi connectivity index (χ2n) is 9.40. The number of nitrogens with one attached hydrogen (secondary N) is 4. The molecule has 3 aromatic rings. The maximum Gasteiger partial charge on any atom is 0.253 e. The van der Waals surface area contributed by atoms with Gasteiger partial charge in [-0.2, -0.15) is 0 Å². The van der Waals surface area contributed by atoms with Crippen LogP contribution in [0.15, 0.2) is 72.8 Å². The van der Waals surface area contributed by atoms with Crippen LogP contribution in [0.4, 0.5) is 11.4 Å². The van der Waals surface area contributed by atoms with Gasteiger partial charge in [0.25, 0.3) is 11.8 Å². The number of amides is 3. The summed E-state index contributed by atoms with van der Waals surface area (Å²) >= 11 is 0. The van der Waals surface area contributed by atoms with Gasteiger partial charge in [0.1, 0.15) is 0 Å². The van der Waals surface area contributed by atoms with E-state index < -0.39 is 0 Å². The Hall–Kier alpha value is -4.13. The largest absolute Gasteiger partial charge is 0.376 e. The third-order valence-corrected chi connectivity index (χ3v) is 5.11. The monoisotopic (exact) mass is 472 g/mol. The minimum absolute atomic E-state index is 0.00680. The standard InChI is InChI=1S/C28H32N4O3/c1-19-9-11-20(12-10-19)17-30-27(35)23-7-5-6-8-24(23)31-25(33)18-29-22-15-13-21(14-16-22)26(34)32-28(2,3)4/h5-16,29H,17-18H2,1-4H3,(H,30,35)(H,31,33)(H,32,34). The molecule has 0 spiro atoms. The number of carbonyl (C=O) groups is 3. The predicted molar refractivity (Wildman–Crippen MR) is 140 cm³/mol. The van der Waals surface area contributed by atoms with Crippen LogP contribution < -0.4 is 21.3 Å². The third-order valence-electron chi connectivity index (χ3n) is 5.11. The molecule has 0 heterocycles. The van der Waals surface area contributed by atoms with Crippen molar-refractivity contribution in [3.63, 3.8) is 0 Å². The maximum atomic E-state index is 12.7. The molecule has 3 aromatic carbocycles. The summed E-state index contributed by atoms with van der Waals surface area (Å²) in [6.45, 7) is 8.18. The van der Waals surface area contributed by atoms with E-state index >= 15 is 0 Å². The van der Waals surface area contributed by atoms with Crippen LogP contribution in [-0.2, 0) is 11.3 Å². The molecule has 0 aliphatic rings. The quantitative estimate of drug-likeness (QED) is 0.388. The summed E-state index contributed by atoms with van der Waals surface area (Å²) in [7, 11) is 0. The minimum atomic E-state index is -0.319. The third kappa shape index (κ3) is 7.99. The van der Waals surface area contributed by atoms with E-state index in [4.69, 9.17) is 0 Å². The molecule has 3 amide bonds. The molecule has 35 heavy (non-hydrogen) atoms. The maximum absolute atomic E-state index is 12.7. The van der Waals surface area contributed by atoms with Gasteiger partial charge in [-0.1, -0.05) is 42.0 Å². The van der Waals surface area contributed by atoms with Crippen molar-refractivity contribution < 1.29 is 14.4 Å². The highest BCUT2D eigenvalue weighted by Crippen LogP contribution is 2.16. The normalized spacial score (nSPS) is 10.9. The molecule has 0 aliphatic heterocycles. The molecule has 0 unspecified atom stereocenters. The molecule has 7 nitrogen and oxygen atoms in total. The molecule has 0 saturated heterocycles. The van der Waals surface area contributed by atoms with Crippen molar-refractivity contribution in [2.75, 3.05) is 17.2 Å². The molecule has 0 bridgehead atoms. The van der Waals surface area contributed by atoms with E-state index in [0.717, 1.165) is 11.1 Å². The van der Waals surface area contributed by atoms with E-state index in [1.54, 1.807) is 48.5 Å². The van der Waals surface area contributed by atoms with Gasteiger partial charge < -0.3 is 21.3 Å². The first-order valence-electron chi connectivity index (χ1n) is 11.5. The fourth-order valence-electron chi connectivity index (χ4n) is 3.30. The van der Waals surface area contributed by atoms with E-state index in [-0.39, 0.29) is 29.8 Å². The van der Waals surface area contributed by atoms with E-state index in [1.807, 2.05) is 52.0 Å². The van der Waals surface area contributed by atoms with E-state index in [2.05, 4.69) is 21.3 Å². The van der Waals surface area contributed by atoms with Crippen LogP contribution in [0.1, 0.15) is 52.6 Å². The lowest BCUT2D eigenvalue weighted by Crippen LogP contribution is -2.40. The molecular weight excluding hydrogens is 440 g/mol. The Bertz CT molecular complexity index is 1180.